The summed E-state index contributed by atoms with van der Waals surface area (Å²) >= 11 is 3.47. The zero-order valence-corrected chi connectivity index (χ0v) is 11.2. The molecule has 0 aliphatic carbocycles. The van der Waals surface area contributed by atoms with Crippen molar-refractivity contribution in [2.45, 2.75) is 45.2 Å². The van der Waals surface area contributed by atoms with Crippen LogP contribution in [0.1, 0.15) is 33.1 Å². The molecule has 1 aliphatic rings. The summed E-state index contributed by atoms with van der Waals surface area (Å²) in [6.45, 7) is 5.96. The molecular formula is C9H19Br2N. The van der Waals surface area contributed by atoms with E-state index in [0.717, 1.165) is 17.4 Å². The van der Waals surface area contributed by atoms with Crippen LogP contribution < -0.4 is 0 Å². The highest BCUT2D eigenvalue weighted by molar-refractivity contribution is 9.09. The molecule has 0 bridgehead atoms. The average molecular weight is 301 g/mol. The molecular weight excluding hydrogens is 282 g/mol. The van der Waals surface area contributed by atoms with Gasteiger partial charge in [-0.15, -0.1) is 17.0 Å². The molecule has 0 spiro atoms. The first-order valence-electron chi connectivity index (χ1n) is 4.57. The van der Waals surface area contributed by atoms with Gasteiger partial charge < -0.3 is 0 Å². The average Bonchev–Trinajstić information content (AvgIpc) is 2.29. The highest BCUT2D eigenvalue weighted by Crippen LogP contribution is 2.23. The molecule has 74 valence electrons. The van der Waals surface area contributed by atoms with Gasteiger partial charge in [-0.25, -0.2) is 0 Å². The molecule has 0 aromatic carbocycles. The van der Waals surface area contributed by atoms with Crippen molar-refractivity contribution in [3.63, 3.8) is 0 Å². The summed E-state index contributed by atoms with van der Waals surface area (Å²) in [7, 11) is 0. The fourth-order valence-corrected chi connectivity index (χ4v) is 2.18. The van der Waals surface area contributed by atoms with Gasteiger partial charge in [0.25, 0.3) is 0 Å². The predicted molar refractivity (Wildman–Crippen MR) is 63.6 cm³/mol. The molecule has 12 heavy (non-hydrogen) atoms. The van der Waals surface area contributed by atoms with Crippen LogP contribution in [0.15, 0.2) is 0 Å². The first-order valence-corrected chi connectivity index (χ1v) is 5.69. The normalized spacial score (nSPS) is 30.2. The number of alkyl halides is 1. The molecule has 0 amide bonds. The third kappa shape index (κ3) is 3.35. The van der Waals surface area contributed by atoms with Gasteiger partial charge in [0.15, 0.2) is 0 Å². The summed E-state index contributed by atoms with van der Waals surface area (Å²) in [6, 6.07) is 1.65. The van der Waals surface area contributed by atoms with E-state index < -0.39 is 0 Å². The lowest BCUT2D eigenvalue weighted by Crippen LogP contribution is -2.33. The number of halogens is 2. The van der Waals surface area contributed by atoms with Gasteiger partial charge in [-0.05, 0) is 39.7 Å². The topological polar surface area (TPSA) is 3.24 Å². The van der Waals surface area contributed by atoms with Crippen molar-refractivity contribution in [2.24, 2.45) is 0 Å². The second-order valence-corrected chi connectivity index (χ2v) is 4.35. The molecule has 1 nitrogen and oxygen atoms in total. The van der Waals surface area contributed by atoms with Crippen LogP contribution in [0.2, 0.25) is 0 Å². The van der Waals surface area contributed by atoms with Crippen LogP contribution in [-0.2, 0) is 0 Å². The van der Waals surface area contributed by atoms with E-state index >= 15 is 0 Å². The van der Waals surface area contributed by atoms with Crippen LogP contribution in [-0.4, -0.2) is 28.9 Å². The highest BCUT2D eigenvalue weighted by Gasteiger charge is 2.25. The second-order valence-electron chi connectivity index (χ2n) is 3.56. The Morgan fingerprint density at radius 3 is 2.17 bits per heavy atom. The lowest BCUT2D eigenvalue weighted by molar-refractivity contribution is 0.215. The lowest BCUT2D eigenvalue weighted by Gasteiger charge is -2.25. The number of hydrogen-bond acceptors (Lipinski definition) is 1. The van der Waals surface area contributed by atoms with Gasteiger partial charge in [-0.1, -0.05) is 15.9 Å². The van der Waals surface area contributed by atoms with Crippen molar-refractivity contribution < 1.29 is 0 Å². The zero-order valence-electron chi connectivity index (χ0n) is 7.92. The summed E-state index contributed by atoms with van der Waals surface area (Å²) in [5, 5.41) is 1.14. The number of rotatable bonds is 3. The predicted octanol–water partition coefficient (Wildman–Crippen LogP) is 3.22. The Morgan fingerprint density at radius 1 is 1.25 bits per heavy atom. The van der Waals surface area contributed by atoms with Crippen LogP contribution in [0.3, 0.4) is 0 Å². The Morgan fingerprint density at radius 2 is 1.75 bits per heavy atom. The molecule has 0 radical (unpaired) electrons. The second kappa shape index (κ2) is 6.39. The highest BCUT2D eigenvalue weighted by atomic mass is 79.9. The quantitative estimate of drug-likeness (QED) is 0.724. The molecule has 0 N–H and O–H groups in total. The maximum Gasteiger partial charge on any atom is 0.00703 e. The van der Waals surface area contributed by atoms with Crippen molar-refractivity contribution in [1.29, 1.82) is 0 Å². The Kier molecular flexibility index (Phi) is 6.87. The summed E-state index contributed by atoms with van der Waals surface area (Å²) in [5.41, 5.74) is 0. The molecule has 3 heteroatoms. The van der Waals surface area contributed by atoms with E-state index in [2.05, 4.69) is 34.7 Å². The Balaban J connectivity index is 0.00000121. The standard InChI is InChI=1S/C9H18BrN.BrH/c1-8-4-5-9(2)11(8)7-3-6-10;/h8-9H,3-7H2,1-2H3;1H. The Bertz CT molecular complexity index is 109. The summed E-state index contributed by atoms with van der Waals surface area (Å²) in [5.74, 6) is 0. The van der Waals surface area contributed by atoms with Gasteiger partial charge in [0, 0.05) is 17.4 Å². The molecule has 2 unspecified atom stereocenters. The monoisotopic (exact) mass is 299 g/mol. The molecule has 1 saturated heterocycles. The van der Waals surface area contributed by atoms with E-state index in [9.17, 15) is 0 Å². The van der Waals surface area contributed by atoms with E-state index in [1.807, 2.05) is 0 Å². The van der Waals surface area contributed by atoms with Crippen molar-refractivity contribution >= 4 is 32.9 Å². The third-order valence-electron chi connectivity index (χ3n) is 2.68. The Hall–Kier alpha value is 0.920. The summed E-state index contributed by atoms with van der Waals surface area (Å²) in [6.07, 6.45) is 4.07. The number of nitrogens with zero attached hydrogens (tertiary/aromatic N) is 1. The Labute approximate surface area is 94.8 Å². The van der Waals surface area contributed by atoms with Crippen LogP contribution in [0.5, 0.6) is 0 Å². The molecule has 2 atom stereocenters. The largest absolute Gasteiger partial charge is 0.298 e. The SMILES string of the molecule is Br.CC1CCC(C)N1CCCBr. The van der Waals surface area contributed by atoms with E-state index in [1.165, 1.54) is 25.8 Å². The lowest BCUT2D eigenvalue weighted by atomic mass is 10.2. The van der Waals surface area contributed by atoms with Gasteiger partial charge in [-0.2, -0.15) is 0 Å². The van der Waals surface area contributed by atoms with Gasteiger partial charge in [0.2, 0.25) is 0 Å². The van der Waals surface area contributed by atoms with E-state index in [1.54, 1.807) is 0 Å². The van der Waals surface area contributed by atoms with E-state index in [-0.39, 0.29) is 17.0 Å². The van der Waals surface area contributed by atoms with Gasteiger partial charge in [0.05, 0.1) is 0 Å². The summed E-state index contributed by atoms with van der Waals surface area (Å²) < 4.78 is 0. The van der Waals surface area contributed by atoms with Gasteiger partial charge >= 0.3 is 0 Å². The van der Waals surface area contributed by atoms with Crippen LogP contribution >= 0.6 is 32.9 Å². The van der Waals surface area contributed by atoms with E-state index in [4.69, 9.17) is 0 Å². The van der Waals surface area contributed by atoms with Gasteiger partial charge in [0.1, 0.15) is 0 Å². The minimum absolute atomic E-state index is 0. The first kappa shape index (κ1) is 12.9. The molecule has 1 heterocycles. The summed E-state index contributed by atoms with van der Waals surface area (Å²) in [4.78, 5) is 2.63. The number of hydrogen-bond donors (Lipinski definition) is 0. The van der Waals surface area contributed by atoms with Crippen molar-refractivity contribution in [3.05, 3.63) is 0 Å². The number of likely N-dealkylation sites (tertiary alicyclic amines) is 1. The van der Waals surface area contributed by atoms with Crippen LogP contribution in [0.4, 0.5) is 0 Å². The van der Waals surface area contributed by atoms with E-state index in [0.29, 0.717) is 0 Å². The fraction of sp³-hybridized carbons (Fsp3) is 1.00. The first-order chi connectivity index (χ1) is 5.25. The minimum Gasteiger partial charge on any atom is -0.298 e. The third-order valence-corrected chi connectivity index (χ3v) is 3.25. The fourth-order valence-electron chi connectivity index (χ4n) is 1.93. The van der Waals surface area contributed by atoms with Crippen LogP contribution in [0, 0.1) is 0 Å². The van der Waals surface area contributed by atoms with Crippen LogP contribution in [0.25, 0.3) is 0 Å². The molecule has 0 saturated carbocycles. The molecule has 1 aliphatic heterocycles. The minimum atomic E-state index is 0. The van der Waals surface area contributed by atoms with Crippen molar-refractivity contribution in [2.75, 3.05) is 11.9 Å². The van der Waals surface area contributed by atoms with Crippen molar-refractivity contribution in [3.8, 4) is 0 Å². The van der Waals surface area contributed by atoms with Crippen molar-refractivity contribution in [1.82, 2.24) is 4.90 Å². The molecule has 1 rings (SSSR count). The zero-order chi connectivity index (χ0) is 8.27. The smallest absolute Gasteiger partial charge is 0.00703 e. The molecule has 0 aromatic heterocycles. The maximum absolute atomic E-state index is 3.47. The van der Waals surface area contributed by atoms with Gasteiger partial charge in [-0.3, -0.25) is 4.90 Å². The molecule has 0 aromatic rings. The molecule has 1 fully saturated rings. The maximum atomic E-state index is 3.47.